The maximum atomic E-state index is 12.0. The molecule has 0 aromatic carbocycles. The molecule has 0 fully saturated rings. The van der Waals surface area contributed by atoms with Crippen molar-refractivity contribution in [3.05, 3.63) is 0 Å². The van der Waals surface area contributed by atoms with E-state index in [4.69, 9.17) is 4.74 Å². The molecule has 0 N–H and O–H groups in total. The summed E-state index contributed by atoms with van der Waals surface area (Å²) in [7, 11) is 0. The third kappa shape index (κ3) is 5.19. The molecule has 0 rings (SSSR count). The molecule has 0 aromatic heterocycles. The van der Waals surface area contributed by atoms with E-state index in [2.05, 4.69) is 13.8 Å². The minimum Gasteiger partial charge on any atom is -0.460 e. The standard InChI is InChI=1S/C13H26O2/c1-7-9-10-13(6,8-2)11(14)15-12(3,4)5/h7-10H2,1-6H3. The second kappa shape index (κ2) is 5.53. The van der Waals surface area contributed by atoms with Gasteiger partial charge in [-0.1, -0.05) is 26.7 Å². The largest absolute Gasteiger partial charge is 0.460 e. The van der Waals surface area contributed by atoms with Gasteiger partial charge in [0, 0.05) is 0 Å². The summed E-state index contributed by atoms with van der Waals surface area (Å²) in [5, 5.41) is 0. The Morgan fingerprint density at radius 3 is 2.00 bits per heavy atom. The van der Waals surface area contributed by atoms with E-state index >= 15 is 0 Å². The predicted molar refractivity (Wildman–Crippen MR) is 63.8 cm³/mol. The van der Waals surface area contributed by atoms with E-state index in [1.807, 2.05) is 27.7 Å². The van der Waals surface area contributed by atoms with Crippen LogP contribution in [0.3, 0.4) is 0 Å². The highest BCUT2D eigenvalue weighted by Gasteiger charge is 2.34. The summed E-state index contributed by atoms with van der Waals surface area (Å²) < 4.78 is 5.45. The van der Waals surface area contributed by atoms with Crippen molar-refractivity contribution >= 4 is 5.97 Å². The average Bonchev–Trinajstić information content (AvgIpc) is 2.11. The molecule has 0 aromatic rings. The molecule has 0 radical (unpaired) electrons. The van der Waals surface area contributed by atoms with Gasteiger partial charge in [-0.15, -0.1) is 0 Å². The van der Waals surface area contributed by atoms with Gasteiger partial charge in [0.15, 0.2) is 0 Å². The number of esters is 1. The fourth-order valence-electron chi connectivity index (χ4n) is 1.39. The normalized spacial score (nSPS) is 15.9. The highest BCUT2D eigenvalue weighted by atomic mass is 16.6. The van der Waals surface area contributed by atoms with Crippen LogP contribution in [0.5, 0.6) is 0 Å². The average molecular weight is 214 g/mol. The van der Waals surface area contributed by atoms with Gasteiger partial charge < -0.3 is 4.74 Å². The molecule has 90 valence electrons. The van der Waals surface area contributed by atoms with E-state index in [0.29, 0.717) is 0 Å². The maximum absolute atomic E-state index is 12.0. The van der Waals surface area contributed by atoms with Crippen molar-refractivity contribution in [2.75, 3.05) is 0 Å². The number of carbonyl (C=O) groups excluding carboxylic acids is 1. The van der Waals surface area contributed by atoms with Crippen LogP contribution >= 0.6 is 0 Å². The van der Waals surface area contributed by atoms with Crippen molar-refractivity contribution in [3.63, 3.8) is 0 Å². The first-order valence-electron chi connectivity index (χ1n) is 5.98. The molecular formula is C13H26O2. The molecule has 2 nitrogen and oxygen atoms in total. The van der Waals surface area contributed by atoms with Crippen LogP contribution in [0.25, 0.3) is 0 Å². The number of rotatable bonds is 5. The predicted octanol–water partition coefficient (Wildman–Crippen LogP) is 3.93. The molecular weight excluding hydrogens is 188 g/mol. The molecule has 0 bridgehead atoms. The molecule has 0 saturated carbocycles. The first-order valence-corrected chi connectivity index (χ1v) is 5.98. The monoisotopic (exact) mass is 214 g/mol. The van der Waals surface area contributed by atoms with E-state index < -0.39 is 0 Å². The third-order valence-electron chi connectivity index (χ3n) is 2.75. The van der Waals surface area contributed by atoms with Crippen molar-refractivity contribution < 1.29 is 9.53 Å². The van der Waals surface area contributed by atoms with Gasteiger partial charge in [0.1, 0.15) is 5.60 Å². The maximum Gasteiger partial charge on any atom is 0.312 e. The summed E-state index contributed by atoms with van der Waals surface area (Å²) in [4.78, 5) is 12.0. The zero-order valence-corrected chi connectivity index (χ0v) is 11.1. The van der Waals surface area contributed by atoms with Crippen LogP contribution in [0.2, 0.25) is 0 Å². The van der Waals surface area contributed by atoms with E-state index in [1.165, 1.54) is 0 Å². The topological polar surface area (TPSA) is 26.3 Å². The molecule has 0 aliphatic rings. The lowest BCUT2D eigenvalue weighted by molar-refractivity contribution is -0.167. The summed E-state index contributed by atoms with van der Waals surface area (Å²) in [6.45, 7) is 12.0. The van der Waals surface area contributed by atoms with Gasteiger partial charge in [-0.05, 0) is 40.5 Å². The fraction of sp³-hybridized carbons (Fsp3) is 0.923. The zero-order valence-electron chi connectivity index (χ0n) is 11.1. The summed E-state index contributed by atoms with van der Waals surface area (Å²) in [6.07, 6.45) is 3.98. The summed E-state index contributed by atoms with van der Waals surface area (Å²) in [6, 6.07) is 0. The van der Waals surface area contributed by atoms with Gasteiger partial charge in [-0.3, -0.25) is 4.79 Å². The molecule has 0 saturated heterocycles. The van der Waals surface area contributed by atoms with E-state index in [-0.39, 0.29) is 17.0 Å². The van der Waals surface area contributed by atoms with E-state index in [9.17, 15) is 4.79 Å². The van der Waals surface area contributed by atoms with Crippen LogP contribution in [-0.4, -0.2) is 11.6 Å². The molecule has 15 heavy (non-hydrogen) atoms. The number of hydrogen-bond donors (Lipinski definition) is 0. The van der Waals surface area contributed by atoms with Gasteiger partial charge in [-0.2, -0.15) is 0 Å². The van der Waals surface area contributed by atoms with Crippen LogP contribution in [0, 0.1) is 5.41 Å². The second-order valence-electron chi connectivity index (χ2n) is 5.52. The summed E-state index contributed by atoms with van der Waals surface area (Å²) in [5.74, 6) is -0.0500. The molecule has 0 heterocycles. The molecule has 2 heteroatoms. The smallest absolute Gasteiger partial charge is 0.312 e. The first kappa shape index (κ1) is 14.5. The first-order chi connectivity index (χ1) is 6.75. The minimum atomic E-state index is -0.375. The Hall–Kier alpha value is -0.530. The fourth-order valence-corrected chi connectivity index (χ4v) is 1.39. The second-order valence-corrected chi connectivity index (χ2v) is 5.52. The van der Waals surface area contributed by atoms with Crippen molar-refractivity contribution in [2.45, 2.75) is 72.8 Å². The third-order valence-corrected chi connectivity index (χ3v) is 2.75. The Balaban J connectivity index is 4.44. The van der Waals surface area contributed by atoms with Gasteiger partial charge >= 0.3 is 5.97 Å². The Bertz CT molecular complexity index is 203. The highest BCUT2D eigenvalue weighted by Crippen LogP contribution is 2.31. The molecule has 0 aliphatic carbocycles. The summed E-state index contributed by atoms with van der Waals surface area (Å²) >= 11 is 0. The number of hydrogen-bond acceptors (Lipinski definition) is 2. The van der Waals surface area contributed by atoms with E-state index in [0.717, 1.165) is 25.7 Å². The zero-order chi connectivity index (χ0) is 12.1. The quantitative estimate of drug-likeness (QED) is 0.648. The molecule has 1 unspecified atom stereocenters. The Morgan fingerprint density at radius 1 is 1.13 bits per heavy atom. The lowest BCUT2D eigenvalue weighted by atomic mass is 9.82. The molecule has 0 aliphatic heterocycles. The molecule has 1 atom stereocenters. The van der Waals surface area contributed by atoms with Crippen molar-refractivity contribution in [1.29, 1.82) is 0 Å². The lowest BCUT2D eigenvalue weighted by Gasteiger charge is -2.30. The Labute approximate surface area is 94.4 Å². The van der Waals surface area contributed by atoms with Crippen LogP contribution in [0.1, 0.15) is 67.2 Å². The van der Waals surface area contributed by atoms with Crippen molar-refractivity contribution in [2.24, 2.45) is 5.41 Å². The molecule has 0 amide bonds. The SMILES string of the molecule is CCCCC(C)(CC)C(=O)OC(C)(C)C. The summed E-state index contributed by atoms with van der Waals surface area (Å²) in [5.41, 5.74) is -0.678. The highest BCUT2D eigenvalue weighted by molar-refractivity contribution is 5.76. The van der Waals surface area contributed by atoms with Crippen molar-refractivity contribution in [3.8, 4) is 0 Å². The van der Waals surface area contributed by atoms with Gasteiger partial charge in [0.05, 0.1) is 5.41 Å². The number of carbonyl (C=O) groups is 1. The van der Waals surface area contributed by atoms with Crippen LogP contribution in [0.15, 0.2) is 0 Å². The Morgan fingerprint density at radius 2 is 1.67 bits per heavy atom. The van der Waals surface area contributed by atoms with Crippen LogP contribution in [-0.2, 0) is 9.53 Å². The number of unbranched alkanes of at least 4 members (excludes halogenated alkanes) is 1. The van der Waals surface area contributed by atoms with Crippen LogP contribution < -0.4 is 0 Å². The lowest BCUT2D eigenvalue weighted by Crippen LogP contribution is -2.35. The minimum absolute atomic E-state index is 0.0500. The van der Waals surface area contributed by atoms with Crippen molar-refractivity contribution in [1.82, 2.24) is 0 Å². The van der Waals surface area contributed by atoms with Crippen LogP contribution in [0.4, 0.5) is 0 Å². The number of ether oxygens (including phenoxy) is 1. The van der Waals surface area contributed by atoms with Gasteiger partial charge in [-0.25, -0.2) is 0 Å². The van der Waals surface area contributed by atoms with Gasteiger partial charge in [0.2, 0.25) is 0 Å². The van der Waals surface area contributed by atoms with Gasteiger partial charge in [0.25, 0.3) is 0 Å². The molecule has 0 spiro atoms. The van der Waals surface area contributed by atoms with E-state index in [1.54, 1.807) is 0 Å². The Kier molecular flexibility index (Phi) is 5.33.